The number of nitrogens with one attached hydrogen (secondary N) is 1. The van der Waals surface area contributed by atoms with E-state index in [4.69, 9.17) is 9.40 Å². The van der Waals surface area contributed by atoms with Crippen LogP contribution in [0, 0.1) is 0 Å². The summed E-state index contributed by atoms with van der Waals surface area (Å²) in [6.45, 7) is 8.80. The van der Waals surface area contributed by atoms with Gasteiger partial charge in [0.2, 0.25) is 0 Å². The number of piperidine rings is 1. The summed E-state index contributed by atoms with van der Waals surface area (Å²) in [4.78, 5) is 25.9. The average molecular weight is 598 g/mol. The van der Waals surface area contributed by atoms with Crippen molar-refractivity contribution in [2.45, 2.75) is 70.8 Å². The Morgan fingerprint density at radius 3 is 2.42 bits per heavy atom. The number of hydrogen-bond acceptors (Lipinski definition) is 7. The second kappa shape index (κ2) is 12.7. The third-order valence-corrected chi connectivity index (χ3v) is 10.5. The third kappa shape index (κ3) is 6.18. The van der Waals surface area contributed by atoms with Crippen LogP contribution in [0.4, 0.5) is 15.8 Å². The fraction of sp³-hybridized carbons (Fsp3) is 0.486. The molecule has 2 aromatic heterocycles. The Morgan fingerprint density at radius 2 is 1.65 bits per heavy atom. The zero-order chi connectivity index (χ0) is 29.2. The molecular weight excluding hydrogens is 554 g/mol. The van der Waals surface area contributed by atoms with Gasteiger partial charge in [0.05, 0.1) is 0 Å². The van der Waals surface area contributed by atoms with Crippen LogP contribution in [-0.2, 0) is 6.42 Å². The van der Waals surface area contributed by atoms with Crippen LogP contribution in [0.25, 0.3) is 22.4 Å². The van der Waals surface area contributed by atoms with Crippen LogP contribution in [0.3, 0.4) is 0 Å². The molecular formula is C35H43N5O2S. The molecule has 3 aliphatic heterocycles. The van der Waals surface area contributed by atoms with Gasteiger partial charge in [0.15, 0.2) is 10.9 Å². The summed E-state index contributed by atoms with van der Waals surface area (Å²) in [7, 11) is 0. The molecule has 0 aliphatic carbocycles. The number of carbonyl (C=O) groups excluding carboxylic acids is 1. The number of amides is 1. The number of anilines is 3. The van der Waals surface area contributed by atoms with Crippen molar-refractivity contribution in [2.75, 3.05) is 54.4 Å². The molecule has 1 amide bonds. The fourth-order valence-corrected chi connectivity index (χ4v) is 8.01. The summed E-state index contributed by atoms with van der Waals surface area (Å²) in [5, 5.41) is 5.88. The van der Waals surface area contributed by atoms with Gasteiger partial charge in [0, 0.05) is 48.9 Å². The van der Waals surface area contributed by atoms with E-state index in [2.05, 4.69) is 57.3 Å². The van der Waals surface area contributed by atoms with E-state index in [-0.39, 0.29) is 5.91 Å². The molecule has 7 rings (SSSR count). The first-order valence-corrected chi connectivity index (χ1v) is 17.2. The molecule has 0 saturated carbocycles. The smallest absolute Gasteiger partial charge is 0.257 e. The number of furan rings is 1. The molecule has 3 aliphatic rings. The molecule has 3 saturated heterocycles. The quantitative estimate of drug-likeness (QED) is 0.234. The van der Waals surface area contributed by atoms with E-state index < -0.39 is 0 Å². The van der Waals surface area contributed by atoms with Crippen molar-refractivity contribution < 1.29 is 9.21 Å². The minimum atomic E-state index is -0.127. The molecule has 2 aromatic carbocycles. The van der Waals surface area contributed by atoms with E-state index in [1.165, 1.54) is 75.7 Å². The molecule has 0 bridgehead atoms. The molecule has 1 N–H and O–H groups in total. The summed E-state index contributed by atoms with van der Waals surface area (Å²) >= 11 is 1.55. The van der Waals surface area contributed by atoms with Crippen LogP contribution in [-0.4, -0.2) is 61.1 Å². The summed E-state index contributed by atoms with van der Waals surface area (Å²) in [6.07, 6.45) is 11.2. The lowest BCUT2D eigenvalue weighted by Gasteiger charge is -2.27. The van der Waals surface area contributed by atoms with Gasteiger partial charge < -0.3 is 14.2 Å². The van der Waals surface area contributed by atoms with Gasteiger partial charge in [0.25, 0.3) is 5.91 Å². The Hall–Kier alpha value is -3.36. The van der Waals surface area contributed by atoms with Crippen molar-refractivity contribution in [1.82, 2.24) is 9.88 Å². The van der Waals surface area contributed by atoms with Gasteiger partial charge in [-0.2, -0.15) is 0 Å². The number of hydrogen-bond donors (Lipinski definition) is 1. The van der Waals surface area contributed by atoms with E-state index in [0.29, 0.717) is 16.7 Å². The minimum Gasteiger partial charge on any atom is -0.454 e. The van der Waals surface area contributed by atoms with Gasteiger partial charge in [-0.15, -0.1) is 0 Å². The molecule has 0 radical (unpaired) electrons. The first-order chi connectivity index (χ1) is 21.1. The van der Waals surface area contributed by atoms with E-state index in [1.54, 1.807) is 11.3 Å². The first-order valence-electron chi connectivity index (χ1n) is 16.3. The first kappa shape index (κ1) is 28.4. The van der Waals surface area contributed by atoms with Gasteiger partial charge in [-0.3, -0.25) is 15.0 Å². The molecule has 3 fully saturated rings. The van der Waals surface area contributed by atoms with Gasteiger partial charge in [0.1, 0.15) is 16.3 Å². The van der Waals surface area contributed by atoms with Crippen LogP contribution in [0.15, 0.2) is 52.9 Å². The lowest BCUT2D eigenvalue weighted by molar-refractivity contribution is 0.102. The lowest BCUT2D eigenvalue weighted by Crippen LogP contribution is -2.38. The van der Waals surface area contributed by atoms with Gasteiger partial charge in [-0.05, 0) is 106 Å². The van der Waals surface area contributed by atoms with Crippen LogP contribution in [0.2, 0.25) is 0 Å². The Balaban J connectivity index is 1.07. The van der Waals surface area contributed by atoms with Crippen molar-refractivity contribution >= 4 is 44.0 Å². The maximum Gasteiger partial charge on any atom is 0.257 e. The van der Waals surface area contributed by atoms with Crippen LogP contribution in [0.1, 0.15) is 74.2 Å². The lowest BCUT2D eigenvalue weighted by atomic mass is 10.1. The van der Waals surface area contributed by atoms with Crippen molar-refractivity contribution in [3.05, 3.63) is 59.7 Å². The highest BCUT2D eigenvalue weighted by Crippen LogP contribution is 2.42. The normalized spacial score (nSPS) is 20.1. The highest BCUT2D eigenvalue weighted by molar-refractivity contribution is 7.20. The molecule has 226 valence electrons. The Kier molecular flexibility index (Phi) is 8.40. The van der Waals surface area contributed by atoms with Crippen LogP contribution >= 0.6 is 11.3 Å². The topological polar surface area (TPSA) is 64.9 Å². The number of likely N-dealkylation sites (tertiary alicyclic amines) is 1. The molecule has 0 spiro atoms. The number of thiazole rings is 1. The highest BCUT2D eigenvalue weighted by Gasteiger charge is 2.28. The predicted molar refractivity (Wildman–Crippen MR) is 178 cm³/mol. The van der Waals surface area contributed by atoms with E-state index in [1.807, 2.05) is 18.2 Å². The van der Waals surface area contributed by atoms with Crippen LogP contribution < -0.4 is 15.1 Å². The number of carbonyl (C=O) groups is 1. The summed E-state index contributed by atoms with van der Waals surface area (Å²) in [5.74, 6) is 0.632. The number of benzene rings is 2. The fourth-order valence-electron chi connectivity index (χ4n) is 6.99. The number of aryl methyl sites for hydroxylation is 1. The summed E-state index contributed by atoms with van der Waals surface area (Å²) in [6, 6.07) is 17.2. The van der Waals surface area contributed by atoms with Gasteiger partial charge in [-0.25, -0.2) is 4.98 Å². The molecule has 5 heterocycles. The van der Waals surface area contributed by atoms with Crippen molar-refractivity contribution in [3.8, 4) is 11.5 Å². The maximum absolute atomic E-state index is 13.4. The Morgan fingerprint density at radius 1 is 0.907 bits per heavy atom. The maximum atomic E-state index is 13.4. The number of aromatic nitrogens is 1. The molecule has 8 heteroatoms. The standard InChI is InChI=1S/C35H43N5O2S/c1-2-25-10-15-30-27(22-25)23-31(42-30)32-34(39-19-8-5-9-20-39)43-35(36-32)37-33(41)26-11-13-28(14-12-26)40-21-16-29(24-40)38-17-6-3-4-7-18-38/h10-15,22-23,29H,2-9,16-21,24H2,1H3,(H,36,37,41). The Bertz CT molecular complexity index is 1550. The zero-order valence-electron chi connectivity index (χ0n) is 25.3. The highest BCUT2D eigenvalue weighted by atomic mass is 32.1. The molecule has 43 heavy (non-hydrogen) atoms. The Labute approximate surface area is 258 Å². The third-order valence-electron chi connectivity index (χ3n) is 9.51. The summed E-state index contributed by atoms with van der Waals surface area (Å²) in [5.41, 5.74) is 4.83. The second-order valence-corrected chi connectivity index (χ2v) is 13.4. The van der Waals surface area contributed by atoms with Crippen molar-refractivity contribution in [1.29, 1.82) is 0 Å². The monoisotopic (exact) mass is 597 g/mol. The SMILES string of the molecule is CCc1ccc2oc(-c3nc(NC(=O)c4ccc(N5CCC(N6CCCCCC6)C5)cc4)sc3N3CCCCC3)cc2c1. The average Bonchev–Trinajstić information content (AvgIpc) is 3.76. The van der Waals surface area contributed by atoms with Gasteiger partial charge in [-0.1, -0.05) is 37.2 Å². The minimum absolute atomic E-state index is 0.127. The summed E-state index contributed by atoms with van der Waals surface area (Å²) < 4.78 is 6.30. The second-order valence-electron chi connectivity index (χ2n) is 12.4. The predicted octanol–water partition coefficient (Wildman–Crippen LogP) is 7.82. The molecule has 1 atom stereocenters. The van der Waals surface area contributed by atoms with Crippen LogP contribution in [0.5, 0.6) is 0 Å². The number of fused-ring (bicyclic) bond motifs is 1. The molecule has 1 unspecified atom stereocenters. The van der Waals surface area contributed by atoms with E-state index >= 15 is 0 Å². The number of nitrogens with zero attached hydrogens (tertiary/aromatic N) is 4. The zero-order valence-corrected chi connectivity index (χ0v) is 26.1. The number of rotatable bonds is 7. The molecule has 4 aromatic rings. The van der Waals surface area contributed by atoms with Crippen molar-refractivity contribution in [2.24, 2.45) is 0 Å². The largest absolute Gasteiger partial charge is 0.454 e. The van der Waals surface area contributed by atoms with Gasteiger partial charge >= 0.3 is 0 Å². The van der Waals surface area contributed by atoms with E-state index in [0.717, 1.165) is 60.0 Å². The van der Waals surface area contributed by atoms with E-state index in [9.17, 15) is 4.79 Å². The molecule has 7 nitrogen and oxygen atoms in total. The van der Waals surface area contributed by atoms with Crippen molar-refractivity contribution in [3.63, 3.8) is 0 Å².